The van der Waals surface area contributed by atoms with Crippen LogP contribution < -0.4 is 0 Å². The first kappa shape index (κ1) is 15.2. The highest BCUT2D eigenvalue weighted by Crippen LogP contribution is 2.06. The van der Waals surface area contributed by atoms with Gasteiger partial charge in [-0.1, -0.05) is 6.92 Å². The summed E-state index contributed by atoms with van der Waals surface area (Å²) in [4.78, 5) is 22.0. The molecule has 7 heteroatoms. The molecule has 0 bridgehead atoms. The van der Waals surface area contributed by atoms with Crippen molar-refractivity contribution in [2.75, 3.05) is 12.4 Å². The number of carbonyl (C=O) groups excluding carboxylic acids is 2. The van der Waals surface area contributed by atoms with Crippen molar-refractivity contribution in [2.24, 2.45) is 0 Å². The molecule has 0 aromatic heterocycles. The fourth-order valence-electron chi connectivity index (χ4n) is 0.760. The molecule has 0 saturated carbocycles. The van der Waals surface area contributed by atoms with E-state index < -0.39 is 30.9 Å². The monoisotopic (exact) mass is 252 g/mol. The summed E-state index contributed by atoms with van der Waals surface area (Å²) in [6, 6.07) is 0. The Bertz CT molecular complexity index is 232. The van der Waals surface area contributed by atoms with E-state index in [0.717, 1.165) is 0 Å². The molecular weight excluding hydrogens is 236 g/mol. The molecule has 0 fully saturated rings. The Labute approximate surface area is 99.0 Å². The smallest absolute Gasteiger partial charge is 0.309 e. The molecule has 0 aliphatic rings. The third-order valence-electron chi connectivity index (χ3n) is 1.60. The lowest BCUT2D eigenvalue weighted by atomic mass is 10.3. The molecule has 0 aromatic carbocycles. The van der Waals surface area contributed by atoms with Gasteiger partial charge in [-0.3, -0.25) is 9.59 Å². The van der Waals surface area contributed by atoms with Gasteiger partial charge in [-0.25, -0.2) is 0 Å². The highest BCUT2D eigenvalue weighted by molar-refractivity contribution is 7.80. The summed E-state index contributed by atoms with van der Waals surface area (Å²) in [5, 5.41) is 17.9. The number of ether oxygens (including phenoxy) is 2. The standard InChI is InChI=1S/C9H16O6S/c1-2-7(12)14-9(6(11)5-10)15-8(13)3-4-16/h6,9-11,16H,2-5H2,1H3. The second-order valence-corrected chi connectivity index (χ2v) is 3.37. The van der Waals surface area contributed by atoms with E-state index in [1.54, 1.807) is 6.92 Å². The zero-order valence-electron chi connectivity index (χ0n) is 8.96. The van der Waals surface area contributed by atoms with Crippen LogP contribution in [0.1, 0.15) is 19.8 Å². The van der Waals surface area contributed by atoms with Gasteiger partial charge in [0.2, 0.25) is 0 Å². The van der Waals surface area contributed by atoms with E-state index in [4.69, 9.17) is 5.11 Å². The summed E-state index contributed by atoms with van der Waals surface area (Å²) < 4.78 is 9.33. The molecular formula is C9H16O6S. The lowest BCUT2D eigenvalue weighted by Gasteiger charge is -2.21. The number of hydrogen-bond donors (Lipinski definition) is 3. The van der Waals surface area contributed by atoms with Crippen molar-refractivity contribution in [1.29, 1.82) is 0 Å². The molecule has 0 heterocycles. The second kappa shape index (κ2) is 8.37. The Kier molecular flexibility index (Phi) is 7.96. The van der Waals surface area contributed by atoms with Crippen LogP contribution in [-0.2, 0) is 19.1 Å². The molecule has 0 radical (unpaired) electrons. The summed E-state index contributed by atoms with van der Waals surface area (Å²) in [6.07, 6.45) is -2.80. The van der Waals surface area contributed by atoms with Crippen LogP contribution in [0.5, 0.6) is 0 Å². The average molecular weight is 252 g/mol. The van der Waals surface area contributed by atoms with Gasteiger partial charge in [-0.2, -0.15) is 12.6 Å². The first-order chi connectivity index (χ1) is 7.54. The maximum absolute atomic E-state index is 11.1. The quantitative estimate of drug-likeness (QED) is 0.321. The number of carbonyl (C=O) groups is 2. The van der Waals surface area contributed by atoms with Crippen LogP contribution in [0.4, 0.5) is 0 Å². The zero-order valence-corrected chi connectivity index (χ0v) is 9.85. The van der Waals surface area contributed by atoms with E-state index in [-0.39, 0.29) is 18.6 Å². The van der Waals surface area contributed by atoms with Crippen molar-refractivity contribution in [2.45, 2.75) is 32.2 Å². The fraction of sp³-hybridized carbons (Fsp3) is 0.778. The van der Waals surface area contributed by atoms with Crippen LogP contribution in [-0.4, -0.2) is 46.9 Å². The van der Waals surface area contributed by atoms with Crippen molar-refractivity contribution in [3.63, 3.8) is 0 Å². The van der Waals surface area contributed by atoms with Gasteiger partial charge in [-0.05, 0) is 0 Å². The minimum absolute atomic E-state index is 0.0292. The summed E-state index contributed by atoms with van der Waals surface area (Å²) in [7, 11) is 0. The van der Waals surface area contributed by atoms with Crippen LogP contribution in [0, 0.1) is 0 Å². The van der Waals surface area contributed by atoms with Crippen LogP contribution in [0.25, 0.3) is 0 Å². The van der Waals surface area contributed by atoms with E-state index in [9.17, 15) is 14.7 Å². The van der Waals surface area contributed by atoms with Gasteiger partial charge < -0.3 is 19.7 Å². The lowest BCUT2D eigenvalue weighted by molar-refractivity contribution is -0.209. The van der Waals surface area contributed by atoms with Gasteiger partial charge in [0.05, 0.1) is 13.0 Å². The van der Waals surface area contributed by atoms with Gasteiger partial charge in [0.15, 0.2) is 6.10 Å². The maximum atomic E-state index is 11.1. The molecule has 2 N–H and O–H groups in total. The number of aliphatic hydroxyl groups excluding tert-OH is 2. The van der Waals surface area contributed by atoms with Crippen molar-refractivity contribution in [3.8, 4) is 0 Å². The van der Waals surface area contributed by atoms with Crippen LogP contribution >= 0.6 is 12.6 Å². The second-order valence-electron chi connectivity index (χ2n) is 2.93. The Balaban J connectivity index is 4.31. The van der Waals surface area contributed by atoms with Gasteiger partial charge >= 0.3 is 11.9 Å². The highest BCUT2D eigenvalue weighted by Gasteiger charge is 2.26. The topological polar surface area (TPSA) is 93.1 Å². The van der Waals surface area contributed by atoms with Gasteiger partial charge in [-0.15, -0.1) is 0 Å². The van der Waals surface area contributed by atoms with E-state index in [0.29, 0.717) is 0 Å². The zero-order chi connectivity index (χ0) is 12.6. The van der Waals surface area contributed by atoms with Gasteiger partial charge in [0.25, 0.3) is 6.29 Å². The molecule has 0 rings (SSSR count). The maximum Gasteiger partial charge on any atom is 0.309 e. The molecule has 0 aromatic rings. The normalized spacial score (nSPS) is 14.0. The molecule has 0 aliphatic carbocycles. The van der Waals surface area contributed by atoms with Gasteiger partial charge in [0, 0.05) is 12.2 Å². The Hall–Kier alpha value is -0.790. The summed E-state index contributed by atoms with van der Waals surface area (Å²) in [6.45, 7) is 0.885. The van der Waals surface area contributed by atoms with Crippen molar-refractivity contribution >= 4 is 24.6 Å². The largest absolute Gasteiger partial charge is 0.422 e. The Morgan fingerprint density at radius 1 is 1.31 bits per heavy atom. The minimum Gasteiger partial charge on any atom is -0.422 e. The van der Waals surface area contributed by atoms with Crippen molar-refractivity contribution in [1.82, 2.24) is 0 Å². The van der Waals surface area contributed by atoms with Crippen molar-refractivity contribution in [3.05, 3.63) is 0 Å². The van der Waals surface area contributed by atoms with Crippen LogP contribution in [0.3, 0.4) is 0 Å². The van der Waals surface area contributed by atoms with Crippen LogP contribution in [0.2, 0.25) is 0 Å². The van der Waals surface area contributed by atoms with Crippen molar-refractivity contribution < 1.29 is 29.3 Å². The third kappa shape index (κ3) is 5.94. The summed E-state index contributed by atoms with van der Waals surface area (Å²) >= 11 is 3.82. The predicted molar refractivity (Wildman–Crippen MR) is 57.8 cm³/mol. The molecule has 94 valence electrons. The minimum atomic E-state index is -1.47. The molecule has 16 heavy (non-hydrogen) atoms. The number of aliphatic hydroxyl groups is 2. The lowest BCUT2D eigenvalue weighted by Crippen LogP contribution is -2.37. The highest BCUT2D eigenvalue weighted by atomic mass is 32.1. The molecule has 0 aliphatic heterocycles. The SMILES string of the molecule is CCC(=O)OC(OC(=O)CCS)C(O)CO. The molecule has 2 atom stereocenters. The summed E-state index contributed by atoms with van der Waals surface area (Å²) in [5.41, 5.74) is 0. The Morgan fingerprint density at radius 3 is 2.31 bits per heavy atom. The molecule has 0 saturated heterocycles. The predicted octanol–water partition coefficient (Wildman–Crippen LogP) is -0.518. The average Bonchev–Trinajstić information content (AvgIpc) is 2.27. The molecule has 0 amide bonds. The molecule has 6 nitrogen and oxygen atoms in total. The molecule has 2 unspecified atom stereocenters. The number of esters is 2. The first-order valence-corrected chi connectivity index (χ1v) is 5.47. The van der Waals surface area contributed by atoms with E-state index in [1.165, 1.54) is 0 Å². The van der Waals surface area contributed by atoms with E-state index in [1.807, 2.05) is 0 Å². The third-order valence-corrected chi connectivity index (χ3v) is 1.82. The fourth-order valence-corrected chi connectivity index (χ4v) is 0.942. The summed E-state index contributed by atoms with van der Waals surface area (Å²) in [5.74, 6) is -1.00. The van der Waals surface area contributed by atoms with E-state index in [2.05, 4.69) is 22.1 Å². The van der Waals surface area contributed by atoms with E-state index >= 15 is 0 Å². The van der Waals surface area contributed by atoms with Gasteiger partial charge in [0.1, 0.15) is 0 Å². The van der Waals surface area contributed by atoms with Crippen LogP contribution in [0.15, 0.2) is 0 Å². The Morgan fingerprint density at radius 2 is 1.88 bits per heavy atom. The molecule has 0 spiro atoms. The first-order valence-electron chi connectivity index (χ1n) is 4.83. The number of thiol groups is 1. The number of rotatable bonds is 7. The number of hydrogen-bond acceptors (Lipinski definition) is 7.